The zero-order chi connectivity index (χ0) is 15.1. The summed E-state index contributed by atoms with van der Waals surface area (Å²) in [5.41, 5.74) is 2.34. The van der Waals surface area contributed by atoms with E-state index in [1.54, 1.807) is 0 Å². The second-order valence-corrected chi connectivity index (χ2v) is 4.66. The molecule has 3 nitrogen and oxygen atoms in total. The fourth-order valence-corrected chi connectivity index (χ4v) is 1.90. The SMILES string of the molecule is CC(=O)NCC=Cc1ccc(C(=O)c2ccccc2)cc1. The number of carbonyl (C=O) groups excluding carboxylic acids is 2. The number of ketones is 1. The van der Waals surface area contributed by atoms with Crippen molar-refractivity contribution in [1.29, 1.82) is 0 Å². The lowest BCUT2D eigenvalue weighted by atomic mass is 10.0. The zero-order valence-corrected chi connectivity index (χ0v) is 11.9. The minimum Gasteiger partial charge on any atom is -0.353 e. The summed E-state index contributed by atoms with van der Waals surface area (Å²) in [5.74, 6) is -0.0344. The van der Waals surface area contributed by atoms with Gasteiger partial charge in [0.1, 0.15) is 0 Å². The smallest absolute Gasteiger partial charge is 0.217 e. The van der Waals surface area contributed by atoms with E-state index in [-0.39, 0.29) is 11.7 Å². The molecule has 0 bridgehead atoms. The highest BCUT2D eigenvalue weighted by atomic mass is 16.1. The number of rotatable bonds is 5. The highest BCUT2D eigenvalue weighted by molar-refractivity contribution is 6.09. The maximum absolute atomic E-state index is 12.2. The van der Waals surface area contributed by atoms with E-state index in [1.807, 2.05) is 66.7 Å². The average molecular weight is 279 g/mol. The van der Waals surface area contributed by atoms with Gasteiger partial charge >= 0.3 is 0 Å². The van der Waals surface area contributed by atoms with E-state index < -0.39 is 0 Å². The van der Waals surface area contributed by atoms with Crippen LogP contribution in [0.2, 0.25) is 0 Å². The Morgan fingerprint density at radius 2 is 1.57 bits per heavy atom. The minimum absolute atomic E-state index is 0.0179. The summed E-state index contributed by atoms with van der Waals surface area (Å²) in [5, 5.41) is 2.69. The molecule has 0 saturated carbocycles. The largest absolute Gasteiger partial charge is 0.353 e. The van der Waals surface area contributed by atoms with Crippen LogP contribution in [0.1, 0.15) is 28.4 Å². The first-order valence-corrected chi connectivity index (χ1v) is 6.77. The number of benzene rings is 2. The number of hydrogen-bond acceptors (Lipinski definition) is 2. The molecule has 2 aromatic carbocycles. The van der Waals surface area contributed by atoms with E-state index in [0.717, 1.165) is 5.56 Å². The van der Waals surface area contributed by atoms with E-state index in [1.165, 1.54) is 6.92 Å². The molecule has 3 heteroatoms. The first kappa shape index (κ1) is 14.7. The number of nitrogens with one attached hydrogen (secondary N) is 1. The molecule has 0 heterocycles. The van der Waals surface area contributed by atoms with Gasteiger partial charge in [0.2, 0.25) is 5.91 Å². The lowest BCUT2D eigenvalue weighted by Gasteiger charge is -2.02. The van der Waals surface area contributed by atoms with Crippen LogP contribution < -0.4 is 5.32 Å². The minimum atomic E-state index is -0.0524. The normalized spacial score (nSPS) is 10.5. The Bertz CT molecular complexity index is 643. The number of amides is 1. The first-order chi connectivity index (χ1) is 10.2. The average Bonchev–Trinajstić information content (AvgIpc) is 2.52. The molecule has 21 heavy (non-hydrogen) atoms. The van der Waals surface area contributed by atoms with Crippen LogP contribution in [0.25, 0.3) is 6.08 Å². The van der Waals surface area contributed by atoms with Crippen molar-refractivity contribution in [2.75, 3.05) is 6.54 Å². The summed E-state index contributed by atoms with van der Waals surface area (Å²) in [6.07, 6.45) is 3.78. The molecule has 0 unspecified atom stereocenters. The van der Waals surface area contributed by atoms with Gasteiger partial charge in [0, 0.05) is 24.6 Å². The highest BCUT2D eigenvalue weighted by Gasteiger charge is 2.07. The summed E-state index contributed by atoms with van der Waals surface area (Å²) in [6, 6.07) is 16.6. The maximum atomic E-state index is 12.2. The van der Waals surface area contributed by atoms with Gasteiger partial charge in [-0.3, -0.25) is 9.59 Å². The molecule has 0 atom stereocenters. The van der Waals surface area contributed by atoms with Crippen LogP contribution in [0.4, 0.5) is 0 Å². The molecule has 1 amide bonds. The van der Waals surface area contributed by atoms with Crippen LogP contribution in [-0.4, -0.2) is 18.2 Å². The Morgan fingerprint density at radius 1 is 0.952 bits per heavy atom. The van der Waals surface area contributed by atoms with Crippen LogP contribution in [0, 0.1) is 0 Å². The van der Waals surface area contributed by atoms with Crippen molar-refractivity contribution < 1.29 is 9.59 Å². The van der Waals surface area contributed by atoms with Crippen molar-refractivity contribution >= 4 is 17.8 Å². The molecule has 1 N–H and O–H groups in total. The molecule has 0 aliphatic heterocycles. The van der Waals surface area contributed by atoms with Gasteiger partial charge in [0.05, 0.1) is 0 Å². The second-order valence-electron chi connectivity index (χ2n) is 4.66. The topological polar surface area (TPSA) is 46.2 Å². The van der Waals surface area contributed by atoms with Gasteiger partial charge in [-0.2, -0.15) is 0 Å². The van der Waals surface area contributed by atoms with Gasteiger partial charge in [-0.15, -0.1) is 0 Å². The summed E-state index contributed by atoms with van der Waals surface area (Å²) >= 11 is 0. The summed E-state index contributed by atoms with van der Waals surface area (Å²) in [4.78, 5) is 23.0. The quantitative estimate of drug-likeness (QED) is 0.855. The van der Waals surface area contributed by atoms with E-state index >= 15 is 0 Å². The van der Waals surface area contributed by atoms with Crippen LogP contribution >= 0.6 is 0 Å². The van der Waals surface area contributed by atoms with Crippen LogP contribution in [-0.2, 0) is 4.79 Å². The molecule has 106 valence electrons. The van der Waals surface area contributed by atoms with E-state index in [4.69, 9.17) is 0 Å². The predicted molar refractivity (Wildman–Crippen MR) is 84.0 cm³/mol. The van der Waals surface area contributed by atoms with Gasteiger partial charge < -0.3 is 5.32 Å². The monoisotopic (exact) mass is 279 g/mol. The molecule has 0 saturated heterocycles. The van der Waals surface area contributed by atoms with Crippen LogP contribution in [0.15, 0.2) is 60.7 Å². The standard InChI is InChI=1S/C18H17NO2/c1-14(20)19-13-5-6-15-9-11-17(12-10-15)18(21)16-7-3-2-4-8-16/h2-12H,13H2,1H3,(H,19,20). The number of hydrogen-bond donors (Lipinski definition) is 1. The molecule has 0 radical (unpaired) electrons. The van der Waals surface area contributed by atoms with Gasteiger partial charge in [-0.05, 0) is 5.56 Å². The summed E-state index contributed by atoms with van der Waals surface area (Å²) in [7, 11) is 0. The molecular weight excluding hydrogens is 262 g/mol. The fourth-order valence-electron chi connectivity index (χ4n) is 1.90. The lowest BCUT2D eigenvalue weighted by Crippen LogP contribution is -2.19. The molecule has 0 aliphatic carbocycles. The van der Waals surface area contributed by atoms with Crippen molar-refractivity contribution in [3.05, 3.63) is 77.4 Å². The highest BCUT2D eigenvalue weighted by Crippen LogP contribution is 2.11. The third-order valence-corrected chi connectivity index (χ3v) is 2.99. The Balaban J connectivity index is 2.02. The van der Waals surface area contributed by atoms with E-state index in [0.29, 0.717) is 17.7 Å². The Labute approximate surface area is 124 Å². The molecule has 0 aliphatic rings. The van der Waals surface area contributed by atoms with E-state index in [2.05, 4.69) is 5.32 Å². The van der Waals surface area contributed by atoms with E-state index in [9.17, 15) is 9.59 Å². The zero-order valence-electron chi connectivity index (χ0n) is 11.9. The van der Waals surface area contributed by atoms with Crippen LogP contribution in [0.5, 0.6) is 0 Å². The molecule has 2 rings (SSSR count). The van der Waals surface area contributed by atoms with Crippen molar-refractivity contribution in [3.63, 3.8) is 0 Å². The molecular formula is C18H17NO2. The van der Waals surface area contributed by atoms with Gasteiger partial charge in [0.25, 0.3) is 0 Å². The van der Waals surface area contributed by atoms with Gasteiger partial charge in [-0.1, -0.05) is 66.7 Å². The van der Waals surface area contributed by atoms with Gasteiger partial charge in [0.15, 0.2) is 5.78 Å². The molecule has 0 aromatic heterocycles. The number of carbonyl (C=O) groups is 2. The third-order valence-electron chi connectivity index (χ3n) is 2.99. The molecule has 0 fully saturated rings. The summed E-state index contributed by atoms with van der Waals surface area (Å²) in [6.45, 7) is 1.98. The Morgan fingerprint density at radius 3 is 2.19 bits per heavy atom. The maximum Gasteiger partial charge on any atom is 0.217 e. The Hall–Kier alpha value is -2.68. The van der Waals surface area contributed by atoms with Crippen molar-refractivity contribution in [2.45, 2.75) is 6.92 Å². The molecule has 2 aromatic rings. The fraction of sp³-hybridized carbons (Fsp3) is 0.111. The predicted octanol–water partition coefficient (Wildman–Crippen LogP) is 3.07. The van der Waals surface area contributed by atoms with Crippen molar-refractivity contribution in [1.82, 2.24) is 5.32 Å². The second kappa shape index (κ2) is 7.20. The Kier molecular flexibility index (Phi) is 5.04. The summed E-state index contributed by atoms with van der Waals surface area (Å²) < 4.78 is 0. The lowest BCUT2D eigenvalue weighted by molar-refractivity contribution is -0.118. The first-order valence-electron chi connectivity index (χ1n) is 6.77. The van der Waals surface area contributed by atoms with Crippen molar-refractivity contribution in [3.8, 4) is 0 Å². The third kappa shape index (κ3) is 4.42. The molecule has 0 spiro atoms. The van der Waals surface area contributed by atoms with Crippen LogP contribution in [0.3, 0.4) is 0 Å². The van der Waals surface area contributed by atoms with Crippen molar-refractivity contribution in [2.24, 2.45) is 0 Å². The van der Waals surface area contributed by atoms with Gasteiger partial charge in [-0.25, -0.2) is 0 Å².